The minimum Gasteiger partial charge on any atom is -0.395 e. The summed E-state index contributed by atoms with van der Waals surface area (Å²) in [4.78, 5) is 4.44. The lowest BCUT2D eigenvalue weighted by atomic mass is 10.2. The molecule has 0 saturated carbocycles. The molecule has 0 aromatic carbocycles. The van der Waals surface area contributed by atoms with Gasteiger partial charge >= 0.3 is 0 Å². The Morgan fingerprint density at radius 3 is 2.85 bits per heavy atom. The molecule has 0 saturated heterocycles. The van der Waals surface area contributed by atoms with Gasteiger partial charge in [-0.05, 0) is 37.4 Å². The number of nitrogens with zero attached hydrogens (tertiary/aromatic N) is 1. The summed E-state index contributed by atoms with van der Waals surface area (Å²) in [5.74, 6) is -0.238. The van der Waals surface area contributed by atoms with Gasteiger partial charge in [0, 0.05) is 36.4 Å². The second-order valence-electron chi connectivity index (χ2n) is 5.46. The highest BCUT2D eigenvalue weighted by Gasteiger charge is 2.06. The Balaban J connectivity index is 2.42. The first-order valence-corrected chi connectivity index (χ1v) is 10.8. The molecule has 1 aromatic rings. The van der Waals surface area contributed by atoms with Crippen molar-refractivity contribution in [2.45, 2.75) is 18.9 Å². The van der Waals surface area contributed by atoms with Crippen LogP contribution in [0.1, 0.15) is 12.8 Å². The minimum atomic E-state index is -0.419. The molecule has 6 N–H and O–H groups in total. The fraction of sp³-hybridized carbons (Fsp3) is 0.471. The third-order valence-corrected chi connectivity index (χ3v) is 5.42. The Labute approximate surface area is 173 Å². The number of hydrogen-bond acceptors (Lipinski definition) is 8. The van der Waals surface area contributed by atoms with E-state index in [-0.39, 0.29) is 18.5 Å². The van der Waals surface area contributed by atoms with Gasteiger partial charge in [0.15, 0.2) is 5.13 Å². The lowest BCUT2D eigenvalue weighted by Crippen LogP contribution is -2.39. The lowest BCUT2D eigenvalue weighted by Gasteiger charge is -2.14. The van der Waals surface area contributed by atoms with Crippen LogP contribution >= 0.6 is 34.9 Å². The second-order valence-corrected chi connectivity index (χ2v) is 7.47. The van der Waals surface area contributed by atoms with E-state index in [0.717, 1.165) is 31.3 Å². The number of hydrogen-bond donors (Lipinski definition) is 5. The van der Waals surface area contributed by atoms with Crippen LogP contribution in [-0.2, 0) is 0 Å². The van der Waals surface area contributed by atoms with Gasteiger partial charge in [-0.15, -0.1) is 22.9 Å². The van der Waals surface area contributed by atoms with Crippen LogP contribution in [0.3, 0.4) is 0 Å². The predicted molar refractivity (Wildman–Crippen MR) is 116 cm³/mol. The van der Waals surface area contributed by atoms with E-state index >= 15 is 0 Å². The zero-order valence-corrected chi connectivity index (χ0v) is 17.5. The number of allylic oxidation sites excluding steroid dienone is 4. The first-order valence-electron chi connectivity index (χ1n) is 8.53. The van der Waals surface area contributed by atoms with Crippen LogP contribution in [0.4, 0.5) is 9.52 Å². The molecule has 152 valence electrons. The van der Waals surface area contributed by atoms with Crippen LogP contribution in [0.15, 0.2) is 46.7 Å². The molecule has 0 aliphatic carbocycles. The monoisotopic (exact) mass is 435 g/mol. The van der Waals surface area contributed by atoms with Crippen LogP contribution < -0.4 is 21.1 Å². The van der Waals surface area contributed by atoms with Gasteiger partial charge in [-0.1, -0.05) is 12.7 Å². The van der Waals surface area contributed by atoms with E-state index in [9.17, 15) is 4.39 Å². The first kappa shape index (κ1) is 23.9. The average Bonchev–Trinajstić information content (AvgIpc) is 3.20. The Morgan fingerprint density at radius 2 is 2.26 bits per heavy atom. The van der Waals surface area contributed by atoms with E-state index in [1.165, 1.54) is 23.5 Å². The van der Waals surface area contributed by atoms with Crippen LogP contribution in [-0.4, -0.2) is 48.3 Å². The molecule has 0 aliphatic rings. The van der Waals surface area contributed by atoms with Crippen molar-refractivity contribution >= 4 is 40.0 Å². The molecule has 1 atom stereocenters. The van der Waals surface area contributed by atoms with Crippen molar-refractivity contribution in [1.82, 2.24) is 15.6 Å². The second kappa shape index (κ2) is 14.9. The highest BCUT2D eigenvalue weighted by Crippen LogP contribution is 2.26. The summed E-state index contributed by atoms with van der Waals surface area (Å²) in [6, 6.07) is -0.0664. The van der Waals surface area contributed by atoms with E-state index in [1.54, 1.807) is 6.20 Å². The van der Waals surface area contributed by atoms with Crippen LogP contribution in [0.2, 0.25) is 0 Å². The summed E-state index contributed by atoms with van der Waals surface area (Å²) in [6.45, 7) is 5.52. The molecule has 10 heteroatoms. The Kier molecular flexibility index (Phi) is 13.2. The molecule has 6 nitrogen and oxygen atoms in total. The van der Waals surface area contributed by atoms with E-state index in [2.05, 4.69) is 26.9 Å². The van der Waals surface area contributed by atoms with Gasteiger partial charge in [0.1, 0.15) is 5.83 Å². The minimum absolute atomic E-state index is 0.0283. The fourth-order valence-corrected chi connectivity index (χ4v) is 3.30. The molecule has 0 aliphatic heterocycles. The van der Waals surface area contributed by atoms with Crippen LogP contribution in [0, 0.1) is 0 Å². The summed E-state index contributed by atoms with van der Waals surface area (Å²) >= 11 is 8.45. The SMILES string of the molecule is C=C/C(SNc1nccs1)=C(F)\C=C(/CCl)NCCCCN[C@H](CN)CO. The molecule has 0 bridgehead atoms. The summed E-state index contributed by atoms with van der Waals surface area (Å²) in [5, 5.41) is 17.9. The lowest BCUT2D eigenvalue weighted by molar-refractivity contribution is 0.245. The summed E-state index contributed by atoms with van der Waals surface area (Å²) in [6.07, 6.45) is 6.29. The third-order valence-electron chi connectivity index (χ3n) is 3.44. The molecular formula is C17H27ClFN5OS2. The van der Waals surface area contributed by atoms with Gasteiger partial charge in [0.2, 0.25) is 0 Å². The molecule has 1 heterocycles. The quantitative estimate of drug-likeness (QED) is 0.125. The Bertz CT molecular complexity index is 594. The number of nitrogens with one attached hydrogen (secondary N) is 3. The number of rotatable bonds is 15. The van der Waals surface area contributed by atoms with Gasteiger partial charge in [0.25, 0.3) is 0 Å². The number of unbranched alkanes of at least 4 members (excludes halogenated alkanes) is 1. The highest BCUT2D eigenvalue weighted by molar-refractivity contribution is 8.04. The standard InChI is InChI=1S/C17H27ClFN5OS2/c1-2-16(27-24-17-23-7-8-26-17)15(19)9-13(10-18)21-5-3-4-6-22-14(11-20)12-25/h2,7-9,14,21-22,25H,1,3-6,10-12,20H2,(H,23,24)/b13-9+,16-15-/t14-/m1/s1. The zero-order valence-electron chi connectivity index (χ0n) is 15.1. The van der Waals surface area contributed by atoms with Crippen molar-refractivity contribution in [2.24, 2.45) is 5.73 Å². The summed E-state index contributed by atoms with van der Waals surface area (Å²) in [5.41, 5.74) is 6.10. The van der Waals surface area contributed by atoms with Crippen molar-refractivity contribution in [2.75, 3.05) is 36.8 Å². The average molecular weight is 436 g/mol. The zero-order chi connectivity index (χ0) is 19.9. The van der Waals surface area contributed by atoms with Crippen molar-refractivity contribution < 1.29 is 9.50 Å². The van der Waals surface area contributed by atoms with Gasteiger partial charge in [0.05, 0.1) is 17.4 Å². The molecule has 1 aromatic heterocycles. The smallest absolute Gasteiger partial charge is 0.192 e. The maximum atomic E-state index is 14.4. The Hall–Kier alpha value is -1.10. The van der Waals surface area contributed by atoms with Crippen molar-refractivity contribution in [3.8, 4) is 0 Å². The number of thiazole rings is 1. The largest absolute Gasteiger partial charge is 0.395 e. The predicted octanol–water partition coefficient (Wildman–Crippen LogP) is 2.97. The van der Waals surface area contributed by atoms with E-state index in [4.69, 9.17) is 22.4 Å². The number of aromatic nitrogens is 1. The summed E-state index contributed by atoms with van der Waals surface area (Å²) < 4.78 is 17.4. The number of aliphatic hydroxyl groups is 1. The topological polar surface area (TPSA) is 95.2 Å². The van der Waals surface area contributed by atoms with E-state index in [0.29, 0.717) is 28.8 Å². The van der Waals surface area contributed by atoms with Crippen molar-refractivity contribution in [3.05, 3.63) is 46.7 Å². The number of anilines is 1. The van der Waals surface area contributed by atoms with Crippen molar-refractivity contribution in [3.63, 3.8) is 0 Å². The first-order chi connectivity index (χ1) is 13.1. The molecular weight excluding hydrogens is 409 g/mol. The number of nitrogens with two attached hydrogens (primary N) is 1. The normalized spacial score (nSPS) is 13.9. The van der Waals surface area contributed by atoms with E-state index in [1.807, 2.05) is 5.38 Å². The molecule has 0 radical (unpaired) electrons. The summed E-state index contributed by atoms with van der Waals surface area (Å²) in [7, 11) is 0. The molecule has 0 amide bonds. The molecule has 1 rings (SSSR count). The maximum absolute atomic E-state index is 14.4. The van der Waals surface area contributed by atoms with Crippen molar-refractivity contribution in [1.29, 1.82) is 0 Å². The van der Waals surface area contributed by atoms with Crippen LogP contribution in [0.25, 0.3) is 0 Å². The van der Waals surface area contributed by atoms with Gasteiger partial charge in [-0.3, -0.25) is 0 Å². The molecule has 0 unspecified atom stereocenters. The van der Waals surface area contributed by atoms with Gasteiger partial charge < -0.3 is 26.2 Å². The van der Waals surface area contributed by atoms with Gasteiger partial charge in [-0.2, -0.15) is 0 Å². The highest BCUT2D eigenvalue weighted by atomic mass is 35.5. The molecule has 0 fully saturated rings. The maximum Gasteiger partial charge on any atom is 0.192 e. The number of aliphatic hydroxyl groups excluding tert-OH is 1. The van der Waals surface area contributed by atoms with Gasteiger partial charge in [-0.25, -0.2) is 9.37 Å². The molecule has 0 spiro atoms. The third kappa shape index (κ3) is 10.1. The Morgan fingerprint density at radius 1 is 1.48 bits per heavy atom. The fourth-order valence-electron chi connectivity index (χ4n) is 1.95. The molecule has 27 heavy (non-hydrogen) atoms. The number of alkyl halides is 1. The number of halogens is 2. The van der Waals surface area contributed by atoms with Crippen LogP contribution in [0.5, 0.6) is 0 Å². The van der Waals surface area contributed by atoms with E-state index < -0.39 is 5.83 Å².